The number of pyridine rings is 1. The molecule has 8 nitrogen and oxygen atoms in total. The molecule has 0 saturated carbocycles. The zero-order chi connectivity index (χ0) is 24.3. The van der Waals surface area contributed by atoms with Crippen molar-refractivity contribution in [1.82, 2.24) is 14.6 Å². The second-order valence-electron chi connectivity index (χ2n) is 8.98. The van der Waals surface area contributed by atoms with E-state index in [2.05, 4.69) is 15.2 Å². The van der Waals surface area contributed by atoms with Gasteiger partial charge in [-0.15, -0.1) is 0 Å². The fourth-order valence-corrected chi connectivity index (χ4v) is 6.05. The smallest absolute Gasteiger partial charge is 0.251 e. The van der Waals surface area contributed by atoms with Crippen molar-refractivity contribution in [3.8, 4) is 0 Å². The molecule has 184 valence electrons. The molecule has 1 aromatic heterocycles. The molecule has 1 N–H and O–H groups in total. The first kappa shape index (κ1) is 24.6. The summed E-state index contributed by atoms with van der Waals surface area (Å²) in [5.74, 6) is -0.480. The molecule has 2 saturated heterocycles. The number of hydrogen-bond donors (Lipinski definition) is 1. The van der Waals surface area contributed by atoms with Crippen LogP contribution in [0.3, 0.4) is 0 Å². The monoisotopic (exact) mass is 490 g/mol. The van der Waals surface area contributed by atoms with E-state index in [-0.39, 0.29) is 24.3 Å². The van der Waals surface area contributed by atoms with Gasteiger partial charge in [0.2, 0.25) is 10.0 Å². The summed E-state index contributed by atoms with van der Waals surface area (Å²) in [5.41, 5.74) is 0.896. The van der Waals surface area contributed by atoms with Crippen molar-refractivity contribution in [2.75, 3.05) is 31.1 Å². The number of carbonyl (C=O) groups excluding carboxylic acids is 1. The number of ether oxygens (including phenoxy) is 1. The van der Waals surface area contributed by atoms with Crippen molar-refractivity contribution >= 4 is 21.7 Å². The largest absolute Gasteiger partial charge is 0.372 e. The lowest BCUT2D eigenvalue weighted by Gasteiger charge is -2.36. The molecule has 10 heteroatoms. The number of nitrogens with zero attached hydrogens (tertiary/aromatic N) is 3. The van der Waals surface area contributed by atoms with E-state index in [1.54, 1.807) is 6.20 Å². The molecule has 0 aliphatic carbocycles. The van der Waals surface area contributed by atoms with Gasteiger partial charge in [-0.05, 0) is 56.5 Å². The number of halogens is 1. The van der Waals surface area contributed by atoms with Gasteiger partial charge in [-0.25, -0.2) is 17.8 Å². The van der Waals surface area contributed by atoms with E-state index in [0.717, 1.165) is 55.9 Å². The van der Waals surface area contributed by atoms with Crippen LogP contribution in [0.1, 0.15) is 49.0 Å². The summed E-state index contributed by atoms with van der Waals surface area (Å²) in [4.78, 5) is 18.9. The fourth-order valence-electron chi connectivity index (χ4n) is 4.44. The van der Waals surface area contributed by atoms with Crippen molar-refractivity contribution in [3.05, 3.63) is 53.5 Å². The second kappa shape index (κ2) is 10.4. The highest BCUT2D eigenvalue weighted by atomic mass is 32.2. The third kappa shape index (κ3) is 5.56. The summed E-state index contributed by atoms with van der Waals surface area (Å²) in [6.07, 6.45) is 4.41. The van der Waals surface area contributed by atoms with E-state index in [9.17, 15) is 17.6 Å². The molecule has 0 spiro atoms. The molecule has 2 fully saturated rings. The minimum absolute atomic E-state index is 0.0952. The van der Waals surface area contributed by atoms with Crippen molar-refractivity contribution < 1.29 is 22.3 Å². The predicted molar refractivity (Wildman–Crippen MR) is 127 cm³/mol. The van der Waals surface area contributed by atoms with Crippen molar-refractivity contribution in [2.24, 2.45) is 0 Å². The number of rotatable bonds is 6. The summed E-state index contributed by atoms with van der Waals surface area (Å²) >= 11 is 0. The molecule has 1 amide bonds. The van der Waals surface area contributed by atoms with Gasteiger partial charge in [-0.3, -0.25) is 4.79 Å². The predicted octanol–water partition coefficient (Wildman–Crippen LogP) is 2.94. The Morgan fingerprint density at radius 2 is 1.82 bits per heavy atom. The zero-order valence-corrected chi connectivity index (χ0v) is 20.4. The van der Waals surface area contributed by atoms with Crippen LogP contribution in [0, 0.1) is 5.82 Å². The van der Waals surface area contributed by atoms with E-state index >= 15 is 0 Å². The van der Waals surface area contributed by atoms with Gasteiger partial charge >= 0.3 is 0 Å². The van der Waals surface area contributed by atoms with Crippen LogP contribution in [0.2, 0.25) is 0 Å². The summed E-state index contributed by atoms with van der Waals surface area (Å²) in [6, 6.07) is 7.25. The molecular formula is C24H31FN4O4S. The first-order valence-corrected chi connectivity index (χ1v) is 13.1. The Morgan fingerprint density at radius 1 is 1.12 bits per heavy atom. The van der Waals surface area contributed by atoms with Gasteiger partial charge in [0, 0.05) is 44.5 Å². The summed E-state index contributed by atoms with van der Waals surface area (Å²) in [6.45, 7) is 6.54. The lowest BCUT2D eigenvalue weighted by Crippen LogP contribution is -2.45. The molecule has 2 atom stereocenters. The molecule has 2 aromatic rings. The van der Waals surface area contributed by atoms with Crippen LogP contribution < -0.4 is 10.2 Å². The Kier molecular flexibility index (Phi) is 7.49. The summed E-state index contributed by atoms with van der Waals surface area (Å²) < 4.78 is 47.3. The normalized spacial score (nSPS) is 21.9. The van der Waals surface area contributed by atoms with Crippen LogP contribution >= 0.6 is 0 Å². The van der Waals surface area contributed by atoms with Crippen LogP contribution in [0.25, 0.3) is 0 Å². The number of hydrogen-bond acceptors (Lipinski definition) is 6. The maximum absolute atomic E-state index is 14.4. The Hall–Kier alpha value is -2.56. The second-order valence-corrected chi connectivity index (χ2v) is 10.9. The third-order valence-corrected chi connectivity index (χ3v) is 8.05. The Labute approximate surface area is 200 Å². The van der Waals surface area contributed by atoms with Crippen LogP contribution in [0.15, 0.2) is 41.4 Å². The topological polar surface area (TPSA) is 91.8 Å². The molecule has 2 aliphatic heterocycles. The summed E-state index contributed by atoms with van der Waals surface area (Å²) in [7, 11) is -3.98. The van der Waals surface area contributed by atoms with Gasteiger partial charge in [-0.2, -0.15) is 4.31 Å². The van der Waals surface area contributed by atoms with Gasteiger partial charge in [-0.1, -0.05) is 12.5 Å². The maximum Gasteiger partial charge on any atom is 0.251 e. The molecule has 3 heterocycles. The van der Waals surface area contributed by atoms with Crippen molar-refractivity contribution in [3.63, 3.8) is 0 Å². The number of benzene rings is 1. The van der Waals surface area contributed by atoms with Crippen molar-refractivity contribution in [1.29, 1.82) is 0 Å². The number of sulfonamides is 1. The molecule has 1 aromatic carbocycles. The molecule has 0 radical (unpaired) electrons. The van der Waals surface area contributed by atoms with E-state index < -0.39 is 26.6 Å². The van der Waals surface area contributed by atoms with E-state index in [4.69, 9.17) is 4.74 Å². The van der Waals surface area contributed by atoms with E-state index in [1.807, 2.05) is 26.0 Å². The number of amides is 1. The third-order valence-electron chi connectivity index (χ3n) is 6.13. The standard InChI is InChI=1S/C24H31FN4O4S/c1-17-15-28(16-18(2)33-17)23-9-6-19(13-26-23)14-27-24(30)20-7-8-21(25)22(12-20)34(31,32)29-10-4-3-5-11-29/h6-9,12-13,17-18H,3-5,10-11,14-16H2,1-2H3,(H,27,30). The SMILES string of the molecule is CC1CN(c2ccc(CNC(=O)c3ccc(F)c(S(=O)(=O)N4CCCCC4)c3)cn2)CC(C)O1. The number of anilines is 1. The number of carbonyl (C=O) groups is 1. The number of aromatic nitrogens is 1. The molecule has 2 aliphatic rings. The molecule has 0 bridgehead atoms. The minimum Gasteiger partial charge on any atom is -0.372 e. The first-order valence-electron chi connectivity index (χ1n) is 11.7. The molecule has 2 unspecified atom stereocenters. The average Bonchev–Trinajstić information content (AvgIpc) is 2.83. The van der Waals surface area contributed by atoms with Crippen LogP contribution in [-0.2, 0) is 21.3 Å². The van der Waals surface area contributed by atoms with E-state index in [0.29, 0.717) is 13.1 Å². The van der Waals surface area contributed by atoms with Crippen LogP contribution in [0.4, 0.5) is 10.2 Å². The fraction of sp³-hybridized carbons (Fsp3) is 0.500. The van der Waals surface area contributed by atoms with E-state index in [1.165, 1.54) is 10.4 Å². The highest BCUT2D eigenvalue weighted by Gasteiger charge is 2.29. The first-order chi connectivity index (χ1) is 16.2. The molecule has 34 heavy (non-hydrogen) atoms. The van der Waals surface area contributed by atoms with Gasteiger partial charge in [0.1, 0.15) is 16.5 Å². The van der Waals surface area contributed by atoms with Gasteiger partial charge < -0.3 is 15.0 Å². The number of piperidine rings is 1. The van der Waals surface area contributed by atoms with Gasteiger partial charge in [0.15, 0.2) is 0 Å². The number of morpholine rings is 1. The van der Waals surface area contributed by atoms with Crippen LogP contribution in [0.5, 0.6) is 0 Å². The van der Waals surface area contributed by atoms with Crippen molar-refractivity contribution in [2.45, 2.75) is 56.8 Å². The summed E-state index contributed by atoms with van der Waals surface area (Å²) in [5, 5.41) is 2.76. The Balaban J connectivity index is 1.41. The average molecular weight is 491 g/mol. The van der Waals surface area contributed by atoms with Crippen LogP contribution in [-0.4, -0.2) is 62.0 Å². The number of nitrogens with one attached hydrogen (secondary N) is 1. The quantitative estimate of drug-likeness (QED) is 0.670. The maximum atomic E-state index is 14.4. The zero-order valence-electron chi connectivity index (χ0n) is 19.5. The highest BCUT2D eigenvalue weighted by Crippen LogP contribution is 2.24. The molecule has 4 rings (SSSR count). The minimum atomic E-state index is -3.98. The van der Waals surface area contributed by atoms with Gasteiger partial charge in [0.05, 0.1) is 12.2 Å². The Morgan fingerprint density at radius 3 is 2.47 bits per heavy atom. The lowest BCUT2D eigenvalue weighted by molar-refractivity contribution is -0.00546. The highest BCUT2D eigenvalue weighted by molar-refractivity contribution is 7.89. The Bertz CT molecular complexity index is 1110. The lowest BCUT2D eigenvalue weighted by atomic mass is 10.2. The molecular weight excluding hydrogens is 459 g/mol. The van der Waals surface area contributed by atoms with Gasteiger partial charge in [0.25, 0.3) is 5.91 Å².